The second kappa shape index (κ2) is 5.99. The van der Waals surface area contributed by atoms with Crippen molar-refractivity contribution in [1.29, 1.82) is 0 Å². The van der Waals surface area contributed by atoms with E-state index >= 15 is 0 Å². The van der Waals surface area contributed by atoms with E-state index in [1.54, 1.807) is 6.33 Å². The molecule has 2 aliphatic rings. The maximum atomic E-state index is 4.49. The van der Waals surface area contributed by atoms with Gasteiger partial charge in [0.1, 0.15) is 18.0 Å². The second-order valence-corrected chi connectivity index (χ2v) is 6.70. The van der Waals surface area contributed by atoms with Crippen LogP contribution >= 0.6 is 11.8 Å². The zero-order chi connectivity index (χ0) is 13.1. The maximum Gasteiger partial charge on any atom is 0.134 e. The third-order valence-corrected chi connectivity index (χ3v) is 5.11. The van der Waals surface area contributed by atoms with Gasteiger partial charge in [-0.3, -0.25) is 0 Å². The van der Waals surface area contributed by atoms with Crippen LogP contribution in [0.2, 0.25) is 0 Å². The molecule has 0 aliphatic carbocycles. The Kier molecular flexibility index (Phi) is 4.11. The minimum atomic E-state index is 0.734. The number of hydrogen-bond donors (Lipinski definition) is 0. The molecule has 0 amide bonds. The topological polar surface area (TPSA) is 32.3 Å². The summed E-state index contributed by atoms with van der Waals surface area (Å²) in [5.74, 6) is 5.41. The molecule has 1 aromatic heterocycles. The first kappa shape index (κ1) is 13.0. The van der Waals surface area contributed by atoms with E-state index in [-0.39, 0.29) is 0 Å². The van der Waals surface area contributed by atoms with Crippen molar-refractivity contribution in [3.63, 3.8) is 0 Å². The Hall–Kier alpha value is -0.970. The fraction of sp³-hybridized carbons (Fsp3) is 0.714. The van der Waals surface area contributed by atoms with Crippen molar-refractivity contribution in [3.05, 3.63) is 12.4 Å². The smallest absolute Gasteiger partial charge is 0.134 e. The normalized spacial score (nSPS) is 24.6. The van der Waals surface area contributed by atoms with Gasteiger partial charge in [0.25, 0.3) is 0 Å². The molecule has 4 nitrogen and oxygen atoms in total. The van der Waals surface area contributed by atoms with Crippen molar-refractivity contribution in [2.45, 2.75) is 19.8 Å². The first-order valence-corrected chi connectivity index (χ1v) is 8.38. The summed E-state index contributed by atoms with van der Waals surface area (Å²) < 4.78 is 0. The quantitative estimate of drug-likeness (QED) is 0.828. The van der Waals surface area contributed by atoms with Crippen LogP contribution in [-0.2, 0) is 0 Å². The molecule has 0 aromatic carbocycles. The van der Waals surface area contributed by atoms with Crippen molar-refractivity contribution in [3.8, 4) is 0 Å². The van der Waals surface area contributed by atoms with E-state index in [1.165, 1.54) is 24.3 Å². The van der Waals surface area contributed by atoms with E-state index < -0.39 is 0 Å². The average molecular weight is 278 g/mol. The number of anilines is 2. The standard InChI is InChI=1S/C14H22N4S/c1-12-9-18(6-7-19-10-12)14-8-13(15-11-16-14)17-4-2-3-5-17/h8,11-12H,2-7,9-10H2,1H3. The number of rotatable bonds is 2. The highest BCUT2D eigenvalue weighted by atomic mass is 32.2. The van der Waals surface area contributed by atoms with Crippen molar-refractivity contribution >= 4 is 23.4 Å². The molecule has 1 atom stereocenters. The SMILES string of the molecule is CC1CSCCN(c2cc(N3CCCC3)ncn2)C1. The Morgan fingerprint density at radius 3 is 2.63 bits per heavy atom. The molecule has 3 heterocycles. The third-order valence-electron chi connectivity index (χ3n) is 3.83. The van der Waals surface area contributed by atoms with E-state index in [4.69, 9.17) is 0 Å². The molecule has 104 valence electrons. The summed E-state index contributed by atoms with van der Waals surface area (Å²) in [4.78, 5) is 13.7. The van der Waals surface area contributed by atoms with Crippen LogP contribution in [0.3, 0.4) is 0 Å². The zero-order valence-electron chi connectivity index (χ0n) is 11.6. The summed E-state index contributed by atoms with van der Waals surface area (Å²) in [6.45, 7) is 6.83. The van der Waals surface area contributed by atoms with E-state index in [9.17, 15) is 0 Å². The Labute approximate surface area is 119 Å². The molecule has 2 aliphatic heterocycles. The van der Waals surface area contributed by atoms with Gasteiger partial charge < -0.3 is 9.80 Å². The minimum absolute atomic E-state index is 0.734. The van der Waals surface area contributed by atoms with E-state index in [0.29, 0.717) is 0 Å². The molecule has 0 spiro atoms. The van der Waals surface area contributed by atoms with Gasteiger partial charge in [0.05, 0.1) is 0 Å². The van der Waals surface area contributed by atoms with Crippen LogP contribution in [0.4, 0.5) is 11.6 Å². The van der Waals surface area contributed by atoms with Crippen molar-refractivity contribution in [2.24, 2.45) is 5.92 Å². The predicted molar refractivity (Wildman–Crippen MR) is 82.2 cm³/mol. The monoisotopic (exact) mass is 278 g/mol. The van der Waals surface area contributed by atoms with Gasteiger partial charge in [0.2, 0.25) is 0 Å². The summed E-state index contributed by atoms with van der Waals surface area (Å²) in [6.07, 6.45) is 4.30. The van der Waals surface area contributed by atoms with Gasteiger partial charge in [-0.05, 0) is 24.5 Å². The van der Waals surface area contributed by atoms with Gasteiger partial charge in [-0.1, -0.05) is 6.92 Å². The first-order chi connectivity index (χ1) is 9.33. The summed E-state index contributed by atoms with van der Waals surface area (Å²) >= 11 is 2.06. The van der Waals surface area contributed by atoms with Crippen LogP contribution in [-0.4, -0.2) is 47.7 Å². The fourth-order valence-corrected chi connectivity index (χ4v) is 3.84. The number of nitrogens with zero attached hydrogens (tertiary/aromatic N) is 4. The lowest BCUT2D eigenvalue weighted by molar-refractivity contribution is 0.634. The molecule has 1 unspecified atom stereocenters. The Morgan fingerprint density at radius 2 is 1.84 bits per heavy atom. The Morgan fingerprint density at radius 1 is 1.11 bits per heavy atom. The highest BCUT2D eigenvalue weighted by Gasteiger charge is 2.19. The molecule has 2 fully saturated rings. The third kappa shape index (κ3) is 3.14. The van der Waals surface area contributed by atoms with E-state index in [1.807, 2.05) is 0 Å². The molecule has 0 radical (unpaired) electrons. The Balaban J connectivity index is 1.77. The molecule has 2 saturated heterocycles. The lowest BCUT2D eigenvalue weighted by Crippen LogP contribution is -2.30. The Bertz CT molecular complexity index is 420. The highest BCUT2D eigenvalue weighted by Crippen LogP contribution is 2.24. The van der Waals surface area contributed by atoms with E-state index in [0.717, 1.165) is 43.7 Å². The molecule has 0 bridgehead atoms. The van der Waals surface area contributed by atoms with Crippen molar-refractivity contribution in [1.82, 2.24) is 9.97 Å². The van der Waals surface area contributed by atoms with Gasteiger partial charge >= 0.3 is 0 Å². The first-order valence-electron chi connectivity index (χ1n) is 7.22. The molecular formula is C14H22N4S. The molecule has 1 aromatic rings. The minimum Gasteiger partial charge on any atom is -0.356 e. The zero-order valence-corrected chi connectivity index (χ0v) is 12.4. The van der Waals surface area contributed by atoms with Crippen molar-refractivity contribution in [2.75, 3.05) is 47.5 Å². The van der Waals surface area contributed by atoms with Crippen molar-refractivity contribution < 1.29 is 0 Å². The van der Waals surface area contributed by atoms with Crippen LogP contribution < -0.4 is 9.80 Å². The second-order valence-electron chi connectivity index (χ2n) is 5.55. The molecule has 0 saturated carbocycles. The van der Waals surface area contributed by atoms with Crippen LogP contribution in [0.1, 0.15) is 19.8 Å². The van der Waals surface area contributed by atoms with Crippen LogP contribution in [0.5, 0.6) is 0 Å². The molecular weight excluding hydrogens is 256 g/mol. The van der Waals surface area contributed by atoms with Crippen LogP contribution in [0.15, 0.2) is 12.4 Å². The summed E-state index contributed by atoms with van der Waals surface area (Å²) in [6, 6.07) is 2.17. The van der Waals surface area contributed by atoms with Gasteiger partial charge in [-0.2, -0.15) is 11.8 Å². The van der Waals surface area contributed by atoms with Gasteiger partial charge in [-0.25, -0.2) is 9.97 Å². The maximum absolute atomic E-state index is 4.49. The van der Waals surface area contributed by atoms with Crippen LogP contribution in [0.25, 0.3) is 0 Å². The van der Waals surface area contributed by atoms with E-state index in [2.05, 4.69) is 44.5 Å². The number of aromatic nitrogens is 2. The van der Waals surface area contributed by atoms with Gasteiger partial charge in [0, 0.05) is 38.0 Å². The largest absolute Gasteiger partial charge is 0.356 e. The van der Waals surface area contributed by atoms with Gasteiger partial charge in [-0.15, -0.1) is 0 Å². The van der Waals surface area contributed by atoms with Gasteiger partial charge in [0.15, 0.2) is 0 Å². The summed E-state index contributed by atoms with van der Waals surface area (Å²) in [5, 5.41) is 0. The lowest BCUT2D eigenvalue weighted by atomic mass is 10.2. The molecule has 19 heavy (non-hydrogen) atoms. The molecule has 0 N–H and O–H groups in total. The van der Waals surface area contributed by atoms with Crippen LogP contribution in [0, 0.1) is 5.92 Å². The lowest BCUT2D eigenvalue weighted by Gasteiger charge is -2.25. The molecule has 5 heteroatoms. The average Bonchev–Trinajstić information content (AvgIpc) is 2.88. The molecule has 3 rings (SSSR count). The highest BCUT2D eigenvalue weighted by molar-refractivity contribution is 7.99. The fourth-order valence-electron chi connectivity index (χ4n) is 2.82. The predicted octanol–water partition coefficient (Wildman–Crippen LogP) is 2.27. The summed E-state index contributed by atoms with van der Waals surface area (Å²) in [5.41, 5.74) is 0. The number of thioether (sulfide) groups is 1. The summed E-state index contributed by atoms with van der Waals surface area (Å²) in [7, 11) is 0. The number of hydrogen-bond acceptors (Lipinski definition) is 5.